The lowest BCUT2D eigenvalue weighted by molar-refractivity contribution is -0.114. The van der Waals surface area contributed by atoms with Gasteiger partial charge in [-0.05, 0) is 24.3 Å². The van der Waals surface area contributed by atoms with Gasteiger partial charge in [0, 0.05) is 13.0 Å². The summed E-state index contributed by atoms with van der Waals surface area (Å²) in [6, 6.07) is 11.0. The van der Waals surface area contributed by atoms with Crippen LogP contribution in [0.2, 0.25) is 0 Å². The number of ether oxygens (including phenoxy) is 2. The minimum absolute atomic E-state index is 0.0676. The summed E-state index contributed by atoms with van der Waals surface area (Å²) < 4.78 is 38.1. The van der Waals surface area contributed by atoms with Crippen LogP contribution < -0.4 is 19.5 Å². The quantitative estimate of drug-likeness (QED) is 0.835. The maximum absolute atomic E-state index is 12.7. The smallest absolute Gasteiger partial charge is 0.265 e. The number of para-hydroxylation sites is 2. The molecule has 2 N–H and O–H groups in total. The van der Waals surface area contributed by atoms with E-state index in [1.807, 2.05) is 0 Å². The van der Waals surface area contributed by atoms with E-state index in [0.717, 1.165) is 0 Å². The first-order chi connectivity index (χ1) is 11.4. The Hall–Kier alpha value is -2.74. The molecule has 0 saturated heterocycles. The van der Waals surface area contributed by atoms with Gasteiger partial charge in [-0.2, -0.15) is 0 Å². The second-order valence-electron chi connectivity index (χ2n) is 4.85. The lowest BCUT2D eigenvalue weighted by Crippen LogP contribution is -2.16. The fourth-order valence-electron chi connectivity index (χ4n) is 2.06. The number of sulfonamides is 1. The molecule has 0 radical (unpaired) electrons. The van der Waals surface area contributed by atoms with Gasteiger partial charge in [0.1, 0.15) is 16.4 Å². The van der Waals surface area contributed by atoms with E-state index in [1.54, 1.807) is 30.3 Å². The Kier molecular flexibility index (Phi) is 5.30. The highest BCUT2D eigenvalue weighted by Gasteiger charge is 2.22. The molecule has 2 aromatic carbocycles. The van der Waals surface area contributed by atoms with Crippen LogP contribution in [0.1, 0.15) is 6.92 Å². The predicted octanol–water partition coefficient (Wildman–Crippen LogP) is 2.46. The van der Waals surface area contributed by atoms with Crippen molar-refractivity contribution in [2.75, 3.05) is 24.3 Å². The van der Waals surface area contributed by atoms with Crippen LogP contribution in [0, 0.1) is 0 Å². The molecular formula is C16H18N2O5S. The number of rotatable bonds is 6. The second kappa shape index (κ2) is 7.22. The highest BCUT2D eigenvalue weighted by Crippen LogP contribution is 2.31. The van der Waals surface area contributed by atoms with Gasteiger partial charge in [-0.15, -0.1) is 0 Å². The van der Waals surface area contributed by atoms with Crippen molar-refractivity contribution in [2.24, 2.45) is 0 Å². The molecule has 0 aliphatic rings. The predicted molar refractivity (Wildman–Crippen MR) is 91.1 cm³/mol. The summed E-state index contributed by atoms with van der Waals surface area (Å²) >= 11 is 0. The molecule has 0 saturated carbocycles. The minimum Gasteiger partial charge on any atom is -0.497 e. The first kappa shape index (κ1) is 17.6. The van der Waals surface area contributed by atoms with Crippen molar-refractivity contribution in [3.8, 4) is 11.5 Å². The third-order valence-electron chi connectivity index (χ3n) is 3.14. The Labute approximate surface area is 140 Å². The Balaban J connectivity index is 2.45. The molecule has 0 aliphatic carbocycles. The van der Waals surface area contributed by atoms with E-state index in [-0.39, 0.29) is 22.2 Å². The van der Waals surface area contributed by atoms with Crippen LogP contribution in [0.15, 0.2) is 47.4 Å². The number of methoxy groups -OCH3 is 2. The van der Waals surface area contributed by atoms with Crippen molar-refractivity contribution >= 4 is 27.3 Å². The van der Waals surface area contributed by atoms with E-state index in [0.29, 0.717) is 11.4 Å². The summed E-state index contributed by atoms with van der Waals surface area (Å²) in [7, 11) is -1.13. The average Bonchev–Trinajstić information content (AvgIpc) is 2.55. The maximum atomic E-state index is 12.7. The van der Waals surface area contributed by atoms with Gasteiger partial charge < -0.3 is 14.8 Å². The molecule has 2 rings (SSSR count). The molecule has 0 aromatic heterocycles. The Bertz CT molecular complexity index is 849. The van der Waals surface area contributed by atoms with Crippen molar-refractivity contribution in [3.05, 3.63) is 42.5 Å². The largest absolute Gasteiger partial charge is 0.497 e. The molecule has 0 heterocycles. The van der Waals surface area contributed by atoms with E-state index in [9.17, 15) is 13.2 Å². The third kappa shape index (κ3) is 3.96. The van der Waals surface area contributed by atoms with Crippen molar-refractivity contribution in [1.82, 2.24) is 0 Å². The molecule has 128 valence electrons. The molecule has 8 heteroatoms. The summed E-state index contributed by atoms with van der Waals surface area (Å²) in [5.74, 6) is 0.257. The van der Waals surface area contributed by atoms with Crippen LogP contribution in [0.5, 0.6) is 11.5 Å². The molecule has 0 spiro atoms. The zero-order valence-electron chi connectivity index (χ0n) is 13.5. The molecule has 0 bridgehead atoms. The maximum Gasteiger partial charge on any atom is 0.265 e. The zero-order valence-corrected chi connectivity index (χ0v) is 14.3. The number of amides is 1. The molecule has 24 heavy (non-hydrogen) atoms. The van der Waals surface area contributed by atoms with E-state index in [1.165, 1.54) is 33.3 Å². The van der Waals surface area contributed by atoms with Crippen LogP contribution in [0.25, 0.3) is 0 Å². The monoisotopic (exact) mass is 350 g/mol. The molecule has 0 unspecified atom stereocenters. The molecule has 7 nitrogen and oxygen atoms in total. The number of benzene rings is 2. The Morgan fingerprint density at radius 2 is 1.67 bits per heavy atom. The molecule has 1 amide bonds. The van der Waals surface area contributed by atoms with Gasteiger partial charge >= 0.3 is 0 Å². The lowest BCUT2D eigenvalue weighted by atomic mass is 10.3. The number of hydrogen-bond acceptors (Lipinski definition) is 5. The Morgan fingerprint density at radius 3 is 2.25 bits per heavy atom. The average molecular weight is 350 g/mol. The van der Waals surface area contributed by atoms with Gasteiger partial charge in [-0.1, -0.05) is 12.1 Å². The van der Waals surface area contributed by atoms with Crippen LogP contribution in [-0.2, 0) is 14.8 Å². The number of carbonyl (C=O) groups excluding carboxylic acids is 1. The van der Waals surface area contributed by atoms with Crippen molar-refractivity contribution in [3.63, 3.8) is 0 Å². The summed E-state index contributed by atoms with van der Waals surface area (Å²) in [6.45, 7) is 1.34. The first-order valence-electron chi connectivity index (χ1n) is 6.99. The van der Waals surface area contributed by atoms with E-state index in [4.69, 9.17) is 9.47 Å². The van der Waals surface area contributed by atoms with Gasteiger partial charge in [0.2, 0.25) is 5.91 Å². The molecule has 2 aromatic rings. The Morgan fingerprint density at radius 1 is 1.00 bits per heavy atom. The van der Waals surface area contributed by atoms with Gasteiger partial charge in [-0.3, -0.25) is 9.52 Å². The van der Waals surface area contributed by atoms with E-state index in [2.05, 4.69) is 10.0 Å². The van der Waals surface area contributed by atoms with Gasteiger partial charge in [0.15, 0.2) is 0 Å². The van der Waals surface area contributed by atoms with E-state index < -0.39 is 10.0 Å². The first-order valence-corrected chi connectivity index (χ1v) is 8.47. The number of nitrogens with one attached hydrogen (secondary N) is 2. The van der Waals surface area contributed by atoms with Gasteiger partial charge in [0.05, 0.1) is 25.6 Å². The van der Waals surface area contributed by atoms with Crippen LogP contribution in [0.3, 0.4) is 0 Å². The van der Waals surface area contributed by atoms with Gasteiger partial charge in [0.25, 0.3) is 10.0 Å². The topological polar surface area (TPSA) is 93.7 Å². The van der Waals surface area contributed by atoms with Gasteiger partial charge in [-0.25, -0.2) is 8.42 Å². The summed E-state index contributed by atoms with van der Waals surface area (Å²) in [4.78, 5) is 11.2. The molecule has 0 aliphatic heterocycles. The molecule has 0 atom stereocenters. The minimum atomic E-state index is -3.95. The summed E-state index contributed by atoms with van der Waals surface area (Å²) in [5.41, 5.74) is 0.605. The van der Waals surface area contributed by atoms with Crippen molar-refractivity contribution in [1.29, 1.82) is 0 Å². The van der Waals surface area contributed by atoms with Crippen LogP contribution in [0.4, 0.5) is 11.4 Å². The standard InChI is InChI=1S/C16H18N2O5S/c1-11(19)17-13-6-4-5-7-14(13)18-24(20,21)16-10-12(22-2)8-9-15(16)23-3/h4-10,18H,1-3H3,(H,17,19). The molecular weight excluding hydrogens is 332 g/mol. The number of hydrogen-bond donors (Lipinski definition) is 2. The number of carbonyl (C=O) groups is 1. The third-order valence-corrected chi connectivity index (χ3v) is 4.53. The molecule has 0 fully saturated rings. The summed E-state index contributed by atoms with van der Waals surface area (Å²) in [6.07, 6.45) is 0. The van der Waals surface area contributed by atoms with Crippen molar-refractivity contribution in [2.45, 2.75) is 11.8 Å². The van der Waals surface area contributed by atoms with Crippen LogP contribution >= 0.6 is 0 Å². The fourth-order valence-corrected chi connectivity index (χ4v) is 3.33. The lowest BCUT2D eigenvalue weighted by Gasteiger charge is -2.15. The number of anilines is 2. The zero-order chi connectivity index (χ0) is 17.7. The van der Waals surface area contributed by atoms with E-state index >= 15 is 0 Å². The summed E-state index contributed by atoms with van der Waals surface area (Å²) in [5, 5.41) is 2.58. The van der Waals surface area contributed by atoms with Crippen molar-refractivity contribution < 1.29 is 22.7 Å². The highest BCUT2D eigenvalue weighted by molar-refractivity contribution is 7.92. The highest BCUT2D eigenvalue weighted by atomic mass is 32.2. The fraction of sp³-hybridized carbons (Fsp3) is 0.188. The second-order valence-corrected chi connectivity index (χ2v) is 6.50. The van der Waals surface area contributed by atoms with Crippen LogP contribution in [-0.4, -0.2) is 28.5 Å². The SMILES string of the molecule is COc1ccc(OC)c(S(=O)(=O)Nc2ccccc2NC(C)=O)c1. The normalized spacial score (nSPS) is 10.8.